The molecule has 0 N–H and O–H groups in total. The van der Waals surface area contributed by atoms with E-state index < -0.39 is 0 Å². The summed E-state index contributed by atoms with van der Waals surface area (Å²) in [6.07, 6.45) is 7.16. The number of hydrogen-bond acceptors (Lipinski definition) is 3. The summed E-state index contributed by atoms with van der Waals surface area (Å²) in [5, 5.41) is 8.02. The summed E-state index contributed by atoms with van der Waals surface area (Å²) >= 11 is 0. The van der Waals surface area contributed by atoms with Gasteiger partial charge in [0.2, 0.25) is 0 Å². The van der Waals surface area contributed by atoms with Gasteiger partial charge in [-0.05, 0) is 13.0 Å². The van der Waals surface area contributed by atoms with Crippen LogP contribution in [0.5, 0.6) is 0 Å². The van der Waals surface area contributed by atoms with Gasteiger partial charge < -0.3 is 0 Å². The SMILES string of the molecule is C[C@H]1N=NC2C=CC=CC(=O)C21. The maximum absolute atomic E-state index is 11.5. The second-order valence-corrected chi connectivity index (χ2v) is 3.13. The van der Waals surface area contributed by atoms with Crippen LogP contribution in [0.4, 0.5) is 0 Å². The predicted molar refractivity (Wildman–Crippen MR) is 44.9 cm³/mol. The van der Waals surface area contributed by atoms with Crippen LogP contribution in [0, 0.1) is 5.92 Å². The van der Waals surface area contributed by atoms with E-state index in [1.54, 1.807) is 12.2 Å². The first-order chi connectivity index (χ1) is 5.79. The van der Waals surface area contributed by atoms with Crippen LogP contribution in [-0.4, -0.2) is 17.9 Å². The Labute approximate surface area is 70.9 Å². The molecule has 0 bridgehead atoms. The van der Waals surface area contributed by atoms with Crippen molar-refractivity contribution in [3.63, 3.8) is 0 Å². The first kappa shape index (κ1) is 7.40. The molecule has 0 radical (unpaired) electrons. The van der Waals surface area contributed by atoms with Crippen LogP contribution in [0.1, 0.15) is 6.92 Å². The largest absolute Gasteiger partial charge is 0.294 e. The highest BCUT2D eigenvalue weighted by Gasteiger charge is 2.35. The van der Waals surface area contributed by atoms with Crippen LogP contribution < -0.4 is 0 Å². The number of ketones is 1. The minimum atomic E-state index is -0.0556. The Hall–Kier alpha value is -1.25. The number of nitrogens with zero attached hydrogens (tertiary/aromatic N) is 2. The molecule has 2 aliphatic rings. The van der Waals surface area contributed by atoms with Gasteiger partial charge in [-0.15, -0.1) is 0 Å². The monoisotopic (exact) mass is 162 g/mol. The molecule has 62 valence electrons. The summed E-state index contributed by atoms with van der Waals surface area (Å²) in [7, 11) is 0. The average molecular weight is 162 g/mol. The highest BCUT2D eigenvalue weighted by Crippen LogP contribution is 2.26. The standard InChI is InChI=1S/C9H10N2O/c1-6-9-7(11-10-6)4-2-3-5-8(9)12/h2-7,9H,1H3/t6-,7?,9?/m1/s1. The van der Waals surface area contributed by atoms with Crippen molar-refractivity contribution in [1.29, 1.82) is 0 Å². The van der Waals surface area contributed by atoms with E-state index in [4.69, 9.17) is 0 Å². The zero-order chi connectivity index (χ0) is 8.55. The number of azo groups is 1. The molecular formula is C9H10N2O. The van der Waals surface area contributed by atoms with Crippen LogP contribution in [0.2, 0.25) is 0 Å². The number of carbonyl (C=O) groups is 1. The maximum Gasteiger partial charge on any atom is 0.163 e. The molecule has 1 heterocycles. The van der Waals surface area contributed by atoms with Gasteiger partial charge in [0.25, 0.3) is 0 Å². The molecule has 1 aliphatic carbocycles. The van der Waals surface area contributed by atoms with Crippen LogP contribution in [0.3, 0.4) is 0 Å². The Morgan fingerprint density at radius 1 is 1.33 bits per heavy atom. The fourth-order valence-corrected chi connectivity index (χ4v) is 1.61. The summed E-state index contributed by atoms with van der Waals surface area (Å²) in [4.78, 5) is 11.5. The zero-order valence-electron chi connectivity index (χ0n) is 6.84. The van der Waals surface area contributed by atoms with E-state index in [0.717, 1.165) is 0 Å². The van der Waals surface area contributed by atoms with E-state index in [2.05, 4.69) is 10.2 Å². The van der Waals surface area contributed by atoms with Crippen molar-refractivity contribution < 1.29 is 4.79 Å². The molecule has 0 saturated carbocycles. The third kappa shape index (κ3) is 1.02. The van der Waals surface area contributed by atoms with E-state index in [0.29, 0.717) is 0 Å². The summed E-state index contributed by atoms with van der Waals surface area (Å²) < 4.78 is 0. The topological polar surface area (TPSA) is 41.8 Å². The molecule has 1 aliphatic heterocycles. The van der Waals surface area contributed by atoms with Crippen molar-refractivity contribution in [3.8, 4) is 0 Å². The number of fused-ring (bicyclic) bond motifs is 1. The van der Waals surface area contributed by atoms with E-state index in [-0.39, 0.29) is 23.8 Å². The van der Waals surface area contributed by atoms with Gasteiger partial charge >= 0.3 is 0 Å². The van der Waals surface area contributed by atoms with E-state index >= 15 is 0 Å². The smallest absolute Gasteiger partial charge is 0.163 e. The quantitative estimate of drug-likeness (QED) is 0.532. The minimum Gasteiger partial charge on any atom is -0.294 e. The van der Waals surface area contributed by atoms with Crippen molar-refractivity contribution in [2.24, 2.45) is 16.1 Å². The van der Waals surface area contributed by atoms with Gasteiger partial charge in [0.05, 0.1) is 12.0 Å². The third-order valence-electron chi connectivity index (χ3n) is 2.28. The highest BCUT2D eigenvalue weighted by molar-refractivity contribution is 5.93. The Bertz CT molecular complexity index is 291. The highest BCUT2D eigenvalue weighted by atomic mass is 16.1. The number of carbonyl (C=O) groups excluding carboxylic acids is 1. The van der Waals surface area contributed by atoms with E-state index in [1.807, 2.05) is 19.1 Å². The Morgan fingerprint density at radius 2 is 2.17 bits per heavy atom. The molecule has 0 aromatic rings. The molecule has 12 heavy (non-hydrogen) atoms. The molecule has 0 spiro atoms. The lowest BCUT2D eigenvalue weighted by Crippen LogP contribution is -2.27. The number of hydrogen-bond donors (Lipinski definition) is 0. The number of rotatable bonds is 0. The fourth-order valence-electron chi connectivity index (χ4n) is 1.61. The Kier molecular flexibility index (Phi) is 1.64. The van der Waals surface area contributed by atoms with Crippen LogP contribution in [0.25, 0.3) is 0 Å². The lowest BCUT2D eigenvalue weighted by atomic mass is 9.91. The van der Waals surface area contributed by atoms with Crippen molar-refractivity contribution >= 4 is 5.78 Å². The molecule has 0 saturated heterocycles. The Morgan fingerprint density at radius 3 is 3.00 bits per heavy atom. The van der Waals surface area contributed by atoms with Crippen LogP contribution >= 0.6 is 0 Å². The van der Waals surface area contributed by atoms with E-state index in [9.17, 15) is 4.79 Å². The minimum absolute atomic E-state index is 0.0255. The summed E-state index contributed by atoms with van der Waals surface area (Å²) in [5.74, 6) is 0.0856. The van der Waals surface area contributed by atoms with Gasteiger partial charge in [-0.3, -0.25) is 4.79 Å². The normalized spacial score (nSPS) is 38.4. The molecule has 2 rings (SSSR count). The van der Waals surface area contributed by atoms with Gasteiger partial charge in [0.1, 0.15) is 6.04 Å². The molecule has 3 atom stereocenters. The molecule has 0 fully saturated rings. The second kappa shape index (κ2) is 2.66. The molecule has 0 amide bonds. The molecular weight excluding hydrogens is 152 g/mol. The van der Waals surface area contributed by atoms with E-state index in [1.165, 1.54) is 0 Å². The molecule has 0 aromatic carbocycles. The van der Waals surface area contributed by atoms with Gasteiger partial charge in [-0.25, -0.2) is 0 Å². The maximum atomic E-state index is 11.5. The lowest BCUT2D eigenvalue weighted by Gasteiger charge is -2.11. The van der Waals surface area contributed by atoms with Crippen LogP contribution in [-0.2, 0) is 4.79 Å². The van der Waals surface area contributed by atoms with Gasteiger partial charge in [0, 0.05) is 0 Å². The molecule has 0 aromatic heterocycles. The molecule has 2 unspecified atom stereocenters. The Balaban J connectivity index is 2.33. The molecule has 3 heteroatoms. The zero-order valence-corrected chi connectivity index (χ0v) is 6.84. The third-order valence-corrected chi connectivity index (χ3v) is 2.28. The van der Waals surface area contributed by atoms with Gasteiger partial charge in [-0.2, -0.15) is 10.2 Å². The lowest BCUT2D eigenvalue weighted by molar-refractivity contribution is -0.118. The second-order valence-electron chi connectivity index (χ2n) is 3.13. The number of allylic oxidation sites excluding steroid dienone is 3. The summed E-state index contributed by atoms with van der Waals surface area (Å²) in [5.41, 5.74) is 0. The van der Waals surface area contributed by atoms with Gasteiger partial charge in [-0.1, -0.05) is 18.2 Å². The average Bonchev–Trinajstić information content (AvgIpc) is 2.29. The van der Waals surface area contributed by atoms with Crippen molar-refractivity contribution in [2.45, 2.75) is 19.0 Å². The van der Waals surface area contributed by atoms with Crippen molar-refractivity contribution in [3.05, 3.63) is 24.3 Å². The first-order valence-electron chi connectivity index (χ1n) is 4.08. The fraction of sp³-hybridized carbons (Fsp3) is 0.444. The predicted octanol–water partition coefficient (Wildman–Crippen LogP) is 1.52. The van der Waals surface area contributed by atoms with Gasteiger partial charge in [0.15, 0.2) is 5.78 Å². The summed E-state index contributed by atoms with van der Waals surface area (Å²) in [6.45, 7) is 1.93. The summed E-state index contributed by atoms with van der Waals surface area (Å²) in [6, 6.07) is 0.0115. The first-order valence-corrected chi connectivity index (χ1v) is 4.08. The van der Waals surface area contributed by atoms with Crippen molar-refractivity contribution in [1.82, 2.24) is 0 Å². The van der Waals surface area contributed by atoms with Crippen molar-refractivity contribution in [2.75, 3.05) is 0 Å². The van der Waals surface area contributed by atoms with Crippen LogP contribution in [0.15, 0.2) is 34.5 Å². The molecule has 3 nitrogen and oxygen atoms in total.